The molecule has 0 spiro atoms. The van der Waals surface area contributed by atoms with Crippen LogP contribution in [0.1, 0.15) is 43.7 Å². The Morgan fingerprint density at radius 2 is 1.86 bits per heavy atom. The first-order chi connectivity index (χ1) is 13.9. The lowest BCUT2D eigenvalue weighted by Crippen LogP contribution is -2.43. The van der Waals surface area contributed by atoms with E-state index in [0.717, 1.165) is 31.1 Å². The lowest BCUT2D eigenvalue weighted by Gasteiger charge is -2.36. The van der Waals surface area contributed by atoms with Crippen LogP contribution < -0.4 is 9.47 Å². The first-order valence-electron chi connectivity index (χ1n) is 10.1. The van der Waals surface area contributed by atoms with Crippen molar-refractivity contribution in [2.24, 2.45) is 11.8 Å². The maximum Gasteiger partial charge on any atom is 0.231 e. The maximum absolute atomic E-state index is 13.6. The molecule has 0 saturated carbocycles. The van der Waals surface area contributed by atoms with E-state index in [9.17, 15) is 14.3 Å². The van der Waals surface area contributed by atoms with Crippen LogP contribution in [0.5, 0.6) is 17.2 Å². The van der Waals surface area contributed by atoms with Crippen LogP contribution in [-0.4, -0.2) is 35.8 Å². The van der Waals surface area contributed by atoms with Crippen LogP contribution >= 0.6 is 0 Å². The summed E-state index contributed by atoms with van der Waals surface area (Å²) in [5, 5.41) is 10.4. The smallest absolute Gasteiger partial charge is 0.231 e. The lowest BCUT2D eigenvalue weighted by molar-refractivity contribution is -0.134. The van der Waals surface area contributed by atoms with Gasteiger partial charge in [0, 0.05) is 37.1 Å². The average Bonchev–Trinajstić information content (AvgIpc) is 3.13. The average molecular weight is 399 g/mol. The van der Waals surface area contributed by atoms with E-state index < -0.39 is 11.7 Å². The number of nitrogens with zero attached hydrogens (tertiary/aromatic N) is 1. The van der Waals surface area contributed by atoms with Gasteiger partial charge in [-0.1, -0.05) is 26.0 Å². The molecule has 0 radical (unpaired) electrons. The molecular weight excluding hydrogens is 373 g/mol. The summed E-state index contributed by atoms with van der Waals surface area (Å²) >= 11 is 0. The largest absolute Gasteiger partial charge is 0.508 e. The Balaban J connectivity index is 1.66. The quantitative estimate of drug-likeness (QED) is 0.833. The van der Waals surface area contributed by atoms with Gasteiger partial charge in [-0.15, -0.1) is 0 Å². The SMILES string of the molecule is CC1CC(C)CN(C(=O)CC(c2ccc3c(c2)OCO3)c2ccc(F)cc2O)C1. The molecule has 1 saturated heterocycles. The van der Waals surface area contributed by atoms with Crippen LogP contribution in [-0.2, 0) is 4.79 Å². The number of phenolic OH excluding ortho intramolecular Hbond substituents is 1. The van der Waals surface area contributed by atoms with Gasteiger partial charge in [-0.25, -0.2) is 4.39 Å². The number of halogens is 1. The van der Waals surface area contributed by atoms with Gasteiger partial charge < -0.3 is 19.5 Å². The molecule has 6 heteroatoms. The van der Waals surface area contributed by atoms with Crippen molar-refractivity contribution in [1.29, 1.82) is 0 Å². The standard InChI is InChI=1S/C23H26FNO4/c1-14-7-15(2)12-25(11-14)23(27)10-19(18-5-4-17(24)9-20(18)26)16-3-6-21-22(8-16)29-13-28-21/h3-6,8-9,14-15,19,26H,7,10-13H2,1-2H3. The number of ether oxygens (including phenoxy) is 2. The molecule has 0 aromatic heterocycles. The molecule has 2 aromatic carbocycles. The van der Waals surface area contributed by atoms with Crippen molar-refractivity contribution < 1.29 is 23.8 Å². The number of hydrogen-bond donors (Lipinski definition) is 1. The minimum atomic E-state index is -0.513. The van der Waals surface area contributed by atoms with Crippen LogP contribution in [0, 0.1) is 17.7 Å². The Labute approximate surface area is 170 Å². The van der Waals surface area contributed by atoms with E-state index in [1.807, 2.05) is 17.0 Å². The predicted molar refractivity (Wildman–Crippen MR) is 107 cm³/mol. The fourth-order valence-corrected chi connectivity index (χ4v) is 4.52. The molecule has 1 N–H and O–H groups in total. The monoisotopic (exact) mass is 399 g/mol. The second kappa shape index (κ2) is 7.93. The van der Waals surface area contributed by atoms with Crippen LogP contribution in [0.4, 0.5) is 4.39 Å². The van der Waals surface area contributed by atoms with Gasteiger partial charge in [-0.3, -0.25) is 4.79 Å². The molecule has 2 heterocycles. The summed E-state index contributed by atoms with van der Waals surface area (Å²) in [6, 6.07) is 9.46. The van der Waals surface area contributed by atoms with Crippen molar-refractivity contribution in [2.45, 2.75) is 32.6 Å². The van der Waals surface area contributed by atoms with Gasteiger partial charge in [0.25, 0.3) is 0 Å². The number of fused-ring (bicyclic) bond motifs is 1. The van der Waals surface area contributed by atoms with E-state index in [-0.39, 0.29) is 24.9 Å². The van der Waals surface area contributed by atoms with Gasteiger partial charge in [0.1, 0.15) is 11.6 Å². The molecule has 5 nitrogen and oxygen atoms in total. The minimum absolute atomic E-state index is 0.0368. The summed E-state index contributed by atoms with van der Waals surface area (Å²) in [4.78, 5) is 15.1. The molecule has 1 amide bonds. The first-order valence-corrected chi connectivity index (χ1v) is 10.1. The maximum atomic E-state index is 13.6. The summed E-state index contributed by atoms with van der Waals surface area (Å²) in [7, 11) is 0. The Kier molecular flexibility index (Phi) is 5.35. The highest BCUT2D eigenvalue weighted by Crippen LogP contribution is 2.40. The fraction of sp³-hybridized carbons (Fsp3) is 0.435. The lowest BCUT2D eigenvalue weighted by atomic mass is 9.86. The van der Waals surface area contributed by atoms with E-state index in [4.69, 9.17) is 9.47 Å². The summed E-state index contributed by atoms with van der Waals surface area (Å²) in [6.07, 6.45) is 1.31. The molecular formula is C23H26FNO4. The summed E-state index contributed by atoms with van der Waals surface area (Å²) < 4.78 is 24.4. The van der Waals surface area contributed by atoms with Gasteiger partial charge in [-0.05, 0) is 42.0 Å². The molecule has 2 aliphatic rings. The number of piperidine rings is 1. The number of amides is 1. The van der Waals surface area contributed by atoms with Crippen molar-refractivity contribution in [3.8, 4) is 17.2 Å². The number of carbonyl (C=O) groups excluding carboxylic acids is 1. The van der Waals surface area contributed by atoms with Crippen molar-refractivity contribution in [3.63, 3.8) is 0 Å². The number of benzene rings is 2. The van der Waals surface area contributed by atoms with Crippen molar-refractivity contribution in [1.82, 2.24) is 4.90 Å². The van der Waals surface area contributed by atoms with E-state index >= 15 is 0 Å². The van der Waals surface area contributed by atoms with Gasteiger partial charge >= 0.3 is 0 Å². The van der Waals surface area contributed by atoms with Crippen LogP contribution in [0.15, 0.2) is 36.4 Å². The number of hydrogen-bond acceptors (Lipinski definition) is 4. The van der Waals surface area contributed by atoms with Crippen LogP contribution in [0.3, 0.4) is 0 Å². The Morgan fingerprint density at radius 1 is 1.14 bits per heavy atom. The molecule has 4 rings (SSSR count). The number of rotatable bonds is 4. The topological polar surface area (TPSA) is 59.0 Å². The second-order valence-corrected chi connectivity index (χ2v) is 8.32. The van der Waals surface area contributed by atoms with E-state index in [2.05, 4.69) is 13.8 Å². The molecule has 154 valence electrons. The number of likely N-dealkylation sites (tertiary alicyclic amines) is 1. The molecule has 2 aliphatic heterocycles. The minimum Gasteiger partial charge on any atom is -0.508 e. The van der Waals surface area contributed by atoms with E-state index in [0.29, 0.717) is 28.9 Å². The summed E-state index contributed by atoms with van der Waals surface area (Å²) in [5.74, 6) is 1.15. The first kappa shape index (κ1) is 19.6. The molecule has 29 heavy (non-hydrogen) atoms. The van der Waals surface area contributed by atoms with Crippen molar-refractivity contribution in [3.05, 3.63) is 53.3 Å². The molecule has 3 atom stereocenters. The van der Waals surface area contributed by atoms with E-state index in [1.165, 1.54) is 6.07 Å². The van der Waals surface area contributed by atoms with Gasteiger partial charge in [0.05, 0.1) is 0 Å². The number of carbonyl (C=O) groups is 1. The predicted octanol–water partition coefficient (Wildman–Crippen LogP) is 4.29. The van der Waals surface area contributed by atoms with Crippen LogP contribution in [0.25, 0.3) is 0 Å². The zero-order valence-corrected chi connectivity index (χ0v) is 16.7. The molecule has 0 bridgehead atoms. The highest BCUT2D eigenvalue weighted by atomic mass is 19.1. The fourth-order valence-electron chi connectivity index (χ4n) is 4.52. The number of aromatic hydroxyl groups is 1. The Hall–Kier alpha value is -2.76. The Morgan fingerprint density at radius 3 is 2.59 bits per heavy atom. The third kappa shape index (κ3) is 4.16. The van der Waals surface area contributed by atoms with Gasteiger partial charge in [0.2, 0.25) is 12.7 Å². The zero-order chi connectivity index (χ0) is 20.5. The number of phenols is 1. The summed E-state index contributed by atoms with van der Waals surface area (Å²) in [5.41, 5.74) is 1.35. The second-order valence-electron chi connectivity index (χ2n) is 8.32. The Bertz CT molecular complexity index is 906. The molecule has 1 fully saturated rings. The van der Waals surface area contributed by atoms with Crippen molar-refractivity contribution >= 4 is 5.91 Å². The van der Waals surface area contributed by atoms with Gasteiger partial charge in [0.15, 0.2) is 11.5 Å². The van der Waals surface area contributed by atoms with E-state index in [1.54, 1.807) is 12.1 Å². The third-order valence-corrected chi connectivity index (χ3v) is 5.77. The van der Waals surface area contributed by atoms with Crippen molar-refractivity contribution in [2.75, 3.05) is 19.9 Å². The highest BCUT2D eigenvalue weighted by Gasteiger charge is 2.30. The zero-order valence-electron chi connectivity index (χ0n) is 16.7. The van der Waals surface area contributed by atoms with Gasteiger partial charge in [-0.2, -0.15) is 0 Å². The van der Waals surface area contributed by atoms with Crippen LogP contribution in [0.2, 0.25) is 0 Å². The third-order valence-electron chi connectivity index (χ3n) is 5.77. The summed E-state index contributed by atoms with van der Waals surface area (Å²) in [6.45, 7) is 5.97. The normalized spacial score (nSPS) is 21.8. The molecule has 0 aliphatic carbocycles. The molecule has 2 aromatic rings. The molecule has 3 unspecified atom stereocenters. The highest BCUT2D eigenvalue weighted by molar-refractivity contribution is 5.78.